The summed E-state index contributed by atoms with van der Waals surface area (Å²) in [6.45, 7) is 1.82. The minimum atomic E-state index is -0.448. The van der Waals surface area contributed by atoms with E-state index in [1.54, 1.807) is 29.2 Å². The van der Waals surface area contributed by atoms with Gasteiger partial charge in [0.05, 0.1) is 21.9 Å². The van der Waals surface area contributed by atoms with Crippen molar-refractivity contribution in [3.8, 4) is 5.82 Å². The second-order valence-electron chi connectivity index (χ2n) is 6.45. The molecule has 1 aliphatic rings. The molecule has 0 saturated heterocycles. The van der Waals surface area contributed by atoms with Gasteiger partial charge in [0.15, 0.2) is 11.6 Å². The molecule has 1 aromatic carbocycles. The Morgan fingerprint density at radius 3 is 2.64 bits per heavy atom. The van der Waals surface area contributed by atoms with Crippen LogP contribution in [0.5, 0.6) is 0 Å². The number of aromatic nitrogens is 3. The standard InChI is InChI=1S/C20H17N5O3/c1-13-19-17(24(23-13)18-4-2-3-11-21-18)10-5-14(20(19)26)12-22-15-6-8-16(9-7-15)25(27)28/h2-4,6-9,11-12,22H,5,10H2,1H3/b14-12+. The van der Waals surface area contributed by atoms with Crippen LogP contribution in [-0.2, 0) is 6.42 Å². The Kier molecular flexibility index (Phi) is 4.44. The summed E-state index contributed by atoms with van der Waals surface area (Å²) in [5, 5.41) is 18.3. The zero-order valence-electron chi connectivity index (χ0n) is 15.1. The van der Waals surface area contributed by atoms with Crippen LogP contribution >= 0.6 is 0 Å². The largest absolute Gasteiger partial charge is 0.361 e. The number of carbonyl (C=O) groups excluding carboxylic acids is 1. The fraction of sp³-hybridized carbons (Fsp3) is 0.150. The maximum absolute atomic E-state index is 13.0. The normalized spacial score (nSPS) is 14.8. The number of aryl methyl sites for hydroxylation is 1. The highest BCUT2D eigenvalue weighted by Crippen LogP contribution is 2.29. The lowest BCUT2D eigenvalue weighted by Gasteiger charge is -2.16. The third-order valence-corrected chi connectivity index (χ3v) is 4.66. The summed E-state index contributed by atoms with van der Waals surface area (Å²) in [5.74, 6) is 0.631. The lowest BCUT2D eigenvalue weighted by atomic mass is 9.90. The fourth-order valence-corrected chi connectivity index (χ4v) is 3.28. The number of hydrogen-bond acceptors (Lipinski definition) is 6. The molecule has 0 radical (unpaired) electrons. The van der Waals surface area contributed by atoms with Gasteiger partial charge >= 0.3 is 0 Å². The van der Waals surface area contributed by atoms with Crippen molar-refractivity contribution in [2.75, 3.05) is 5.32 Å². The van der Waals surface area contributed by atoms with E-state index in [9.17, 15) is 14.9 Å². The number of Topliss-reactive ketones (excluding diaryl/α,β-unsaturated/α-hetero) is 1. The number of anilines is 1. The molecule has 2 aromatic heterocycles. The number of nitro groups is 1. The summed E-state index contributed by atoms with van der Waals surface area (Å²) >= 11 is 0. The lowest BCUT2D eigenvalue weighted by Crippen LogP contribution is -2.17. The molecule has 4 rings (SSSR count). The number of non-ortho nitro benzene ring substituents is 1. The number of nitro benzene ring substituents is 1. The molecule has 0 saturated carbocycles. The predicted molar refractivity (Wildman–Crippen MR) is 104 cm³/mol. The van der Waals surface area contributed by atoms with Crippen LogP contribution in [0.15, 0.2) is 60.4 Å². The van der Waals surface area contributed by atoms with Crippen molar-refractivity contribution in [2.24, 2.45) is 0 Å². The van der Waals surface area contributed by atoms with E-state index in [4.69, 9.17) is 0 Å². The van der Waals surface area contributed by atoms with Crippen LogP contribution in [0, 0.1) is 17.0 Å². The second kappa shape index (κ2) is 7.07. The highest BCUT2D eigenvalue weighted by molar-refractivity contribution is 6.11. The van der Waals surface area contributed by atoms with Crippen molar-refractivity contribution in [3.05, 3.63) is 87.5 Å². The number of allylic oxidation sites excluding steroid dienone is 1. The van der Waals surface area contributed by atoms with Crippen LogP contribution in [0.25, 0.3) is 5.82 Å². The summed E-state index contributed by atoms with van der Waals surface area (Å²) in [6.07, 6.45) is 4.61. The summed E-state index contributed by atoms with van der Waals surface area (Å²) in [4.78, 5) is 27.6. The number of nitrogens with one attached hydrogen (secondary N) is 1. The zero-order valence-corrected chi connectivity index (χ0v) is 15.1. The smallest absolute Gasteiger partial charge is 0.269 e. The first kappa shape index (κ1) is 17.6. The molecule has 140 valence electrons. The van der Waals surface area contributed by atoms with E-state index in [1.807, 2.05) is 25.1 Å². The third-order valence-electron chi connectivity index (χ3n) is 4.66. The van der Waals surface area contributed by atoms with Gasteiger partial charge in [-0.2, -0.15) is 5.10 Å². The van der Waals surface area contributed by atoms with Gasteiger partial charge in [0.25, 0.3) is 5.69 Å². The molecule has 3 aromatic rings. The molecule has 0 aliphatic heterocycles. The summed E-state index contributed by atoms with van der Waals surface area (Å²) < 4.78 is 1.74. The number of ketones is 1. The number of pyridine rings is 1. The number of carbonyl (C=O) groups is 1. The molecule has 0 atom stereocenters. The van der Waals surface area contributed by atoms with Crippen LogP contribution in [0.1, 0.15) is 28.2 Å². The van der Waals surface area contributed by atoms with Gasteiger partial charge in [-0.05, 0) is 44.0 Å². The van der Waals surface area contributed by atoms with E-state index in [1.165, 1.54) is 12.1 Å². The summed E-state index contributed by atoms with van der Waals surface area (Å²) in [5.41, 5.74) is 3.51. The van der Waals surface area contributed by atoms with E-state index in [2.05, 4.69) is 15.4 Å². The minimum absolute atomic E-state index is 0.0224. The van der Waals surface area contributed by atoms with Gasteiger partial charge in [-0.3, -0.25) is 14.9 Å². The maximum atomic E-state index is 13.0. The topological polar surface area (TPSA) is 103 Å². The Bertz CT molecular complexity index is 1090. The van der Waals surface area contributed by atoms with Crippen molar-refractivity contribution in [1.29, 1.82) is 0 Å². The maximum Gasteiger partial charge on any atom is 0.269 e. The average Bonchev–Trinajstić information content (AvgIpc) is 3.06. The first-order valence-corrected chi connectivity index (χ1v) is 8.79. The van der Waals surface area contributed by atoms with Gasteiger partial charge in [0, 0.05) is 35.8 Å². The van der Waals surface area contributed by atoms with Gasteiger partial charge in [-0.15, -0.1) is 0 Å². The summed E-state index contributed by atoms with van der Waals surface area (Å²) in [7, 11) is 0. The van der Waals surface area contributed by atoms with Gasteiger partial charge in [0.1, 0.15) is 0 Å². The van der Waals surface area contributed by atoms with Crippen LogP contribution in [0.4, 0.5) is 11.4 Å². The monoisotopic (exact) mass is 375 g/mol. The molecule has 28 heavy (non-hydrogen) atoms. The Labute approximate surface area is 160 Å². The molecular weight excluding hydrogens is 358 g/mol. The molecule has 0 spiro atoms. The Morgan fingerprint density at radius 1 is 1.18 bits per heavy atom. The number of rotatable bonds is 4. The predicted octanol–water partition coefficient (Wildman–Crippen LogP) is 3.61. The van der Waals surface area contributed by atoms with E-state index < -0.39 is 4.92 Å². The Balaban J connectivity index is 1.59. The number of fused-ring (bicyclic) bond motifs is 1. The van der Waals surface area contributed by atoms with Crippen LogP contribution in [0.3, 0.4) is 0 Å². The minimum Gasteiger partial charge on any atom is -0.361 e. The molecule has 1 aliphatic carbocycles. The average molecular weight is 375 g/mol. The van der Waals surface area contributed by atoms with Crippen molar-refractivity contribution < 1.29 is 9.72 Å². The third kappa shape index (κ3) is 3.16. The highest BCUT2D eigenvalue weighted by Gasteiger charge is 2.29. The molecule has 0 unspecified atom stereocenters. The molecule has 1 N–H and O–H groups in total. The van der Waals surface area contributed by atoms with Crippen LogP contribution in [0.2, 0.25) is 0 Å². The Hall–Kier alpha value is -3.81. The highest BCUT2D eigenvalue weighted by atomic mass is 16.6. The van der Waals surface area contributed by atoms with Crippen LogP contribution in [-0.4, -0.2) is 25.5 Å². The number of benzene rings is 1. The van der Waals surface area contributed by atoms with Gasteiger partial charge in [-0.1, -0.05) is 6.07 Å². The first-order valence-electron chi connectivity index (χ1n) is 8.79. The van der Waals surface area contributed by atoms with Crippen molar-refractivity contribution in [1.82, 2.24) is 14.8 Å². The van der Waals surface area contributed by atoms with Gasteiger partial charge in [0.2, 0.25) is 0 Å². The summed E-state index contributed by atoms with van der Waals surface area (Å²) in [6, 6.07) is 11.6. The molecular formula is C20H17N5O3. The Morgan fingerprint density at radius 2 is 1.96 bits per heavy atom. The van der Waals surface area contributed by atoms with E-state index >= 15 is 0 Å². The van der Waals surface area contributed by atoms with E-state index in [0.717, 1.165) is 5.69 Å². The van der Waals surface area contributed by atoms with Gasteiger partial charge < -0.3 is 5.32 Å². The zero-order chi connectivity index (χ0) is 19.7. The van der Waals surface area contributed by atoms with Crippen LogP contribution < -0.4 is 5.32 Å². The molecule has 8 nitrogen and oxygen atoms in total. The van der Waals surface area contributed by atoms with Crippen molar-refractivity contribution >= 4 is 17.2 Å². The molecule has 2 heterocycles. The van der Waals surface area contributed by atoms with E-state index in [0.29, 0.717) is 41.2 Å². The number of nitrogens with zero attached hydrogens (tertiary/aromatic N) is 4. The quantitative estimate of drug-likeness (QED) is 0.424. The van der Waals surface area contributed by atoms with Gasteiger partial charge in [-0.25, -0.2) is 9.67 Å². The lowest BCUT2D eigenvalue weighted by molar-refractivity contribution is -0.384. The second-order valence-corrected chi connectivity index (χ2v) is 6.45. The first-order chi connectivity index (χ1) is 13.5. The van der Waals surface area contributed by atoms with Crippen molar-refractivity contribution in [2.45, 2.75) is 19.8 Å². The fourth-order valence-electron chi connectivity index (χ4n) is 3.28. The molecule has 0 fully saturated rings. The number of hydrogen-bond donors (Lipinski definition) is 1. The van der Waals surface area contributed by atoms with E-state index in [-0.39, 0.29) is 11.5 Å². The SMILES string of the molecule is Cc1nn(-c2ccccn2)c2c1C(=O)/C(=C/Nc1ccc([N+](=O)[O-])cc1)CC2. The molecule has 0 bridgehead atoms. The van der Waals surface area contributed by atoms with Crippen molar-refractivity contribution in [3.63, 3.8) is 0 Å². The molecule has 8 heteroatoms. The molecule has 0 amide bonds.